The number of aliphatic hydroxyl groups is 2. The Morgan fingerprint density at radius 2 is 2.12 bits per heavy atom. The van der Waals surface area contributed by atoms with Crippen LogP contribution in [0.15, 0.2) is 36.4 Å². The molecule has 3 N–H and O–H groups in total. The molecule has 6 nitrogen and oxygen atoms in total. The average Bonchev–Trinajstić information content (AvgIpc) is 2.64. The largest absolute Gasteiger partial charge is 0.469 e. The van der Waals surface area contributed by atoms with Crippen LogP contribution < -0.4 is 10.1 Å². The van der Waals surface area contributed by atoms with Gasteiger partial charge >= 0.3 is 0 Å². The van der Waals surface area contributed by atoms with Crippen molar-refractivity contribution in [3.63, 3.8) is 0 Å². The first kappa shape index (κ1) is 18.7. The van der Waals surface area contributed by atoms with Gasteiger partial charge in [-0.25, -0.2) is 4.98 Å². The minimum atomic E-state index is -0.809. The number of benzene rings is 1. The quantitative estimate of drug-likeness (QED) is 0.682. The Bertz CT molecular complexity index is 743. The number of hydrogen-bond acceptors (Lipinski definition) is 6. The summed E-state index contributed by atoms with van der Waals surface area (Å²) >= 11 is 0. The van der Waals surface area contributed by atoms with Crippen molar-refractivity contribution in [3.8, 4) is 11.9 Å². The molecule has 0 amide bonds. The minimum absolute atomic E-state index is 0.245. The first-order chi connectivity index (χ1) is 12.1. The van der Waals surface area contributed by atoms with Crippen molar-refractivity contribution in [2.75, 3.05) is 18.5 Å². The van der Waals surface area contributed by atoms with E-state index in [9.17, 15) is 10.4 Å². The van der Waals surface area contributed by atoms with Gasteiger partial charge in [-0.2, -0.15) is 5.26 Å². The number of rotatable bonds is 8. The molecule has 1 heterocycles. The summed E-state index contributed by atoms with van der Waals surface area (Å²) in [5.41, 5.74) is 2.96. The summed E-state index contributed by atoms with van der Waals surface area (Å²) in [6.45, 7) is 3.83. The monoisotopic (exact) mass is 341 g/mol. The van der Waals surface area contributed by atoms with Gasteiger partial charge in [0, 0.05) is 17.9 Å². The minimum Gasteiger partial charge on any atom is -0.469 e. The summed E-state index contributed by atoms with van der Waals surface area (Å²) in [5.74, 6) is 0.336. The van der Waals surface area contributed by atoms with Crippen LogP contribution in [-0.2, 0) is 0 Å². The lowest BCUT2D eigenvalue weighted by Gasteiger charge is -2.19. The fourth-order valence-electron chi connectivity index (χ4n) is 2.38. The van der Waals surface area contributed by atoms with Gasteiger partial charge in [0.2, 0.25) is 5.88 Å². The lowest BCUT2D eigenvalue weighted by atomic mass is 10.1. The smallest absolute Gasteiger partial charge is 0.232 e. The van der Waals surface area contributed by atoms with E-state index in [-0.39, 0.29) is 19.3 Å². The molecule has 1 aromatic carbocycles. The van der Waals surface area contributed by atoms with E-state index in [1.165, 1.54) is 0 Å². The van der Waals surface area contributed by atoms with Crippen LogP contribution in [-0.4, -0.2) is 34.5 Å². The maximum atomic E-state index is 9.45. The zero-order chi connectivity index (χ0) is 18.2. The lowest BCUT2D eigenvalue weighted by Crippen LogP contribution is -2.23. The third kappa shape index (κ3) is 5.18. The lowest BCUT2D eigenvalue weighted by molar-refractivity contribution is 0.105. The van der Waals surface area contributed by atoms with Gasteiger partial charge in [-0.1, -0.05) is 19.1 Å². The van der Waals surface area contributed by atoms with E-state index < -0.39 is 6.10 Å². The molecule has 0 saturated heterocycles. The number of anilines is 1. The molecule has 2 atom stereocenters. The highest BCUT2D eigenvalue weighted by Gasteiger charge is 2.15. The molecule has 0 radical (unpaired) electrons. The number of ether oxygens (including phenoxy) is 1. The van der Waals surface area contributed by atoms with Crippen LogP contribution >= 0.6 is 0 Å². The molecule has 0 saturated carbocycles. The van der Waals surface area contributed by atoms with Crippen molar-refractivity contribution in [2.24, 2.45) is 0 Å². The Labute approximate surface area is 147 Å². The number of hydrogen-bond donors (Lipinski definition) is 3. The second kappa shape index (κ2) is 9.02. The van der Waals surface area contributed by atoms with Crippen LogP contribution in [0.1, 0.15) is 36.3 Å². The number of aromatic nitrogens is 1. The zero-order valence-electron chi connectivity index (χ0n) is 14.4. The number of aryl methyl sites for hydroxylation is 1. The van der Waals surface area contributed by atoms with Gasteiger partial charge in [-0.3, -0.25) is 0 Å². The first-order valence-electron chi connectivity index (χ1n) is 8.24. The van der Waals surface area contributed by atoms with Crippen molar-refractivity contribution >= 4 is 5.69 Å². The van der Waals surface area contributed by atoms with E-state index in [0.29, 0.717) is 17.9 Å². The summed E-state index contributed by atoms with van der Waals surface area (Å²) in [5, 5.41) is 30.6. The molecule has 0 fully saturated rings. The molecule has 6 heteroatoms. The predicted octanol–water partition coefficient (Wildman–Crippen LogP) is 2.56. The predicted molar refractivity (Wildman–Crippen MR) is 95.4 cm³/mol. The SMILES string of the molecule is CC[C@@H](Oc1nc(C)ccc1C#N)c1cccc(NCC(O)CO)c1. The highest BCUT2D eigenvalue weighted by Crippen LogP contribution is 2.27. The maximum absolute atomic E-state index is 9.45. The van der Waals surface area contributed by atoms with Crippen molar-refractivity contribution < 1.29 is 14.9 Å². The molecule has 0 aliphatic carbocycles. The van der Waals surface area contributed by atoms with Crippen LogP contribution in [0.2, 0.25) is 0 Å². The van der Waals surface area contributed by atoms with Gasteiger partial charge in [-0.05, 0) is 43.2 Å². The van der Waals surface area contributed by atoms with E-state index in [0.717, 1.165) is 16.9 Å². The molecule has 1 aromatic heterocycles. The van der Waals surface area contributed by atoms with Gasteiger partial charge in [-0.15, -0.1) is 0 Å². The highest BCUT2D eigenvalue weighted by atomic mass is 16.5. The average molecular weight is 341 g/mol. The normalized spacial score (nSPS) is 12.9. The molecule has 25 heavy (non-hydrogen) atoms. The van der Waals surface area contributed by atoms with Gasteiger partial charge < -0.3 is 20.3 Å². The molecular weight excluding hydrogens is 318 g/mol. The van der Waals surface area contributed by atoms with Crippen molar-refractivity contribution in [3.05, 3.63) is 53.2 Å². The van der Waals surface area contributed by atoms with E-state index in [4.69, 9.17) is 9.84 Å². The number of aliphatic hydroxyl groups excluding tert-OH is 2. The van der Waals surface area contributed by atoms with Gasteiger partial charge in [0.25, 0.3) is 0 Å². The molecule has 2 rings (SSSR count). The third-order valence-electron chi connectivity index (χ3n) is 3.76. The Balaban J connectivity index is 2.18. The summed E-state index contributed by atoms with van der Waals surface area (Å²) < 4.78 is 6.00. The Hall–Kier alpha value is -2.62. The summed E-state index contributed by atoms with van der Waals surface area (Å²) in [4.78, 5) is 4.33. The second-order valence-electron chi connectivity index (χ2n) is 5.77. The van der Waals surface area contributed by atoms with E-state index >= 15 is 0 Å². The highest BCUT2D eigenvalue weighted by molar-refractivity contribution is 5.47. The van der Waals surface area contributed by atoms with Crippen LogP contribution in [0.5, 0.6) is 5.88 Å². The van der Waals surface area contributed by atoms with Gasteiger partial charge in [0.05, 0.1) is 12.7 Å². The van der Waals surface area contributed by atoms with E-state index in [2.05, 4.69) is 16.4 Å². The summed E-state index contributed by atoms with van der Waals surface area (Å²) in [6, 6.07) is 13.2. The second-order valence-corrected chi connectivity index (χ2v) is 5.77. The Morgan fingerprint density at radius 3 is 2.80 bits per heavy atom. The van der Waals surface area contributed by atoms with E-state index in [1.54, 1.807) is 12.1 Å². The molecule has 132 valence electrons. The summed E-state index contributed by atoms with van der Waals surface area (Å²) in [7, 11) is 0. The molecule has 1 unspecified atom stereocenters. The number of pyridine rings is 1. The molecule has 0 bridgehead atoms. The zero-order valence-corrected chi connectivity index (χ0v) is 14.4. The topological polar surface area (TPSA) is 98.4 Å². The molecule has 0 aliphatic rings. The molecule has 0 aliphatic heterocycles. The van der Waals surface area contributed by atoms with Crippen LogP contribution in [0.25, 0.3) is 0 Å². The van der Waals surface area contributed by atoms with Crippen molar-refractivity contribution in [1.29, 1.82) is 5.26 Å². The number of nitriles is 1. The van der Waals surface area contributed by atoms with Gasteiger partial charge in [0.1, 0.15) is 17.7 Å². The maximum Gasteiger partial charge on any atom is 0.232 e. The van der Waals surface area contributed by atoms with Crippen molar-refractivity contribution in [1.82, 2.24) is 4.98 Å². The fraction of sp³-hybridized carbons (Fsp3) is 0.368. The molecule has 0 spiro atoms. The van der Waals surface area contributed by atoms with Gasteiger partial charge in [0.15, 0.2) is 0 Å². The Kier molecular flexibility index (Phi) is 6.75. The van der Waals surface area contributed by atoms with Crippen molar-refractivity contribution in [2.45, 2.75) is 32.5 Å². The standard InChI is InChI=1S/C19H23N3O3/c1-3-18(25-19-15(10-20)8-7-13(2)22-19)14-5-4-6-16(9-14)21-11-17(24)12-23/h4-9,17-18,21,23-24H,3,11-12H2,1-2H3/t17?,18-/m1/s1. The molecule has 2 aromatic rings. The number of nitrogens with zero attached hydrogens (tertiary/aromatic N) is 2. The number of nitrogens with one attached hydrogen (secondary N) is 1. The van der Waals surface area contributed by atoms with Crippen LogP contribution in [0.3, 0.4) is 0 Å². The molecular formula is C19H23N3O3. The van der Waals surface area contributed by atoms with Crippen LogP contribution in [0.4, 0.5) is 5.69 Å². The summed E-state index contributed by atoms with van der Waals surface area (Å²) in [6.07, 6.45) is -0.342. The fourth-order valence-corrected chi connectivity index (χ4v) is 2.38. The van der Waals surface area contributed by atoms with Crippen LogP contribution in [0, 0.1) is 18.3 Å². The first-order valence-corrected chi connectivity index (χ1v) is 8.24. The third-order valence-corrected chi connectivity index (χ3v) is 3.76. The Morgan fingerprint density at radius 1 is 1.32 bits per heavy atom. The van der Waals surface area contributed by atoms with E-state index in [1.807, 2.05) is 38.1 Å².